The fraction of sp³-hybridized carbons (Fsp3) is 0.500. The molecule has 13 heteroatoms. The molecule has 0 aliphatic carbocycles. The molecule has 0 aromatic rings. The van der Waals surface area contributed by atoms with Crippen molar-refractivity contribution in [1.82, 2.24) is 0 Å². The molecular formula is C6H16ClNa3O9. The third kappa shape index (κ3) is 19.6. The van der Waals surface area contributed by atoms with Crippen LogP contribution in [0.5, 0.6) is 0 Å². The van der Waals surface area contributed by atoms with Crippen molar-refractivity contribution < 1.29 is 45.8 Å². The monoisotopic (exact) mass is 336 g/mol. The molecule has 0 aliphatic rings. The first-order valence-corrected chi connectivity index (χ1v) is 3.17. The Balaban J connectivity index is -0.0000000480. The van der Waals surface area contributed by atoms with Gasteiger partial charge in [0, 0.05) is 0 Å². The first kappa shape index (κ1) is 42.8. The molecule has 0 aromatic heterocycles. The molecule has 0 aliphatic heterocycles. The van der Waals surface area contributed by atoms with Crippen molar-refractivity contribution in [2.45, 2.75) is 18.4 Å². The summed E-state index contributed by atoms with van der Waals surface area (Å²) in [6.45, 7) is 0. The molecule has 0 spiro atoms. The molecule has 0 amide bonds. The molecule has 0 bridgehead atoms. The van der Waals surface area contributed by atoms with Gasteiger partial charge in [-0.3, -0.25) is 9.59 Å². The van der Waals surface area contributed by atoms with Crippen LogP contribution >= 0.6 is 12.4 Å². The third-order valence-electron chi connectivity index (χ3n) is 1.29. The molecule has 0 heterocycles. The summed E-state index contributed by atoms with van der Waals surface area (Å²) in [5.41, 5.74) is -2.74. The van der Waals surface area contributed by atoms with Gasteiger partial charge in [0.1, 0.15) is 0 Å². The van der Waals surface area contributed by atoms with Crippen molar-refractivity contribution >= 4 is 119 Å². The number of aliphatic hydroxyl groups is 1. The molecular weight excluding hydrogens is 320 g/mol. The van der Waals surface area contributed by atoms with E-state index in [4.69, 9.17) is 20.4 Å². The molecule has 0 saturated heterocycles. The predicted octanol–water partition coefficient (Wildman–Crippen LogP) is -4.42. The van der Waals surface area contributed by atoms with Gasteiger partial charge in [-0.15, -0.1) is 12.4 Å². The van der Waals surface area contributed by atoms with E-state index >= 15 is 0 Å². The third-order valence-corrected chi connectivity index (χ3v) is 1.29. The first-order chi connectivity index (χ1) is 5.78. The van der Waals surface area contributed by atoms with Crippen LogP contribution in [0.3, 0.4) is 0 Å². The van der Waals surface area contributed by atoms with Crippen molar-refractivity contribution in [2.75, 3.05) is 0 Å². The topological polar surface area (TPSA) is 195 Å². The zero-order valence-electron chi connectivity index (χ0n) is 7.84. The van der Waals surface area contributed by atoms with Crippen LogP contribution in [0.2, 0.25) is 0 Å². The van der Waals surface area contributed by atoms with Crippen LogP contribution in [0, 0.1) is 0 Å². The Bertz CT molecular complexity index is 246. The molecule has 0 fully saturated rings. The molecule has 9 nitrogen and oxygen atoms in total. The first-order valence-electron chi connectivity index (χ1n) is 3.17. The van der Waals surface area contributed by atoms with Crippen LogP contribution in [-0.4, -0.2) is 144 Å². The van der Waals surface area contributed by atoms with E-state index < -0.39 is 36.4 Å². The Morgan fingerprint density at radius 2 is 1.00 bits per heavy atom. The normalized spacial score (nSPS) is 7.42. The Hall–Kier alpha value is 1.58. The number of carboxylic acid groups (broad SMARTS) is 3. The van der Waals surface area contributed by atoms with Gasteiger partial charge in [-0.25, -0.2) is 4.79 Å². The maximum atomic E-state index is 10.3. The zero-order valence-corrected chi connectivity index (χ0v) is 8.65. The molecule has 19 heavy (non-hydrogen) atoms. The van der Waals surface area contributed by atoms with Crippen molar-refractivity contribution in [2.24, 2.45) is 0 Å². The second-order valence-corrected chi connectivity index (χ2v) is 2.48. The molecule has 8 N–H and O–H groups in total. The predicted molar refractivity (Wildman–Crippen MR) is 73.0 cm³/mol. The van der Waals surface area contributed by atoms with Crippen molar-refractivity contribution in [3.8, 4) is 0 Å². The minimum atomic E-state index is -2.74. The summed E-state index contributed by atoms with van der Waals surface area (Å²) >= 11 is 0. The molecule has 0 radical (unpaired) electrons. The van der Waals surface area contributed by atoms with Crippen molar-refractivity contribution in [3.05, 3.63) is 0 Å². The van der Waals surface area contributed by atoms with Gasteiger partial charge < -0.3 is 31.4 Å². The fourth-order valence-corrected chi connectivity index (χ4v) is 0.714. The van der Waals surface area contributed by atoms with E-state index in [-0.39, 0.29) is 112 Å². The average molecular weight is 337 g/mol. The van der Waals surface area contributed by atoms with Crippen LogP contribution in [-0.2, 0) is 14.4 Å². The van der Waals surface area contributed by atoms with Crippen molar-refractivity contribution in [1.29, 1.82) is 0 Å². The number of rotatable bonds is 5. The van der Waals surface area contributed by atoms with Gasteiger partial charge in [-0.05, 0) is 0 Å². The number of hydrogen-bond donors (Lipinski definition) is 4. The van der Waals surface area contributed by atoms with Gasteiger partial charge in [0.05, 0.1) is 12.8 Å². The molecule has 104 valence electrons. The second kappa shape index (κ2) is 19.6. The summed E-state index contributed by atoms with van der Waals surface area (Å²) in [7, 11) is 0. The Labute approximate surface area is 181 Å². The number of aliphatic carboxylic acids is 3. The van der Waals surface area contributed by atoms with E-state index in [0.717, 1.165) is 0 Å². The Kier molecular flexibility index (Phi) is 44.1. The van der Waals surface area contributed by atoms with Crippen molar-refractivity contribution in [3.63, 3.8) is 0 Å². The standard InChI is InChI=1S/C6H8O7.ClH.3Na.2H2O.3H/c7-3(8)1-6(13,5(11)12)2-4(9)10;;;;;;;;;/h13H,1-2H2,(H,7,8)(H,9,10)(H,11,12);1H;;;;2*1H2;;;. The number of halogens is 1. The van der Waals surface area contributed by atoms with E-state index in [9.17, 15) is 14.4 Å². The van der Waals surface area contributed by atoms with E-state index in [0.29, 0.717) is 0 Å². The zero-order chi connectivity index (χ0) is 10.6. The number of carbonyl (C=O) groups is 3. The summed E-state index contributed by atoms with van der Waals surface area (Å²) in [5, 5.41) is 33.8. The summed E-state index contributed by atoms with van der Waals surface area (Å²) < 4.78 is 0. The van der Waals surface area contributed by atoms with Crippen LogP contribution in [0.25, 0.3) is 0 Å². The summed E-state index contributed by atoms with van der Waals surface area (Å²) in [4.78, 5) is 30.5. The summed E-state index contributed by atoms with van der Waals surface area (Å²) in [5.74, 6) is -5.02. The van der Waals surface area contributed by atoms with Crippen LogP contribution in [0.15, 0.2) is 0 Å². The Morgan fingerprint density at radius 3 is 1.11 bits per heavy atom. The van der Waals surface area contributed by atoms with Gasteiger partial charge in [-0.1, -0.05) is 0 Å². The summed E-state index contributed by atoms with van der Waals surface area (Å²) in [6, 6.07) is 0. The van der Waals surface area contributed by atoms with Crippen LogP contribution < -0.4 is 0 Å². The average Bonchev–Trinajstić information content (AvgIpc) is 1.82. The van der Waals surface area contributed by atoms with E-state index in [1.165, 1.54) is 0 Å². The van der Waals surface area contributed by atoms with Gasteiger partial charge in [0.25, 0.3) is 0 Å². The number of hydrogen-bond acceptors (Lipinski definition) is 4. The van der Waals surface area contributed by atoms with Gasteiger partial charge in [-0.2, -0.15) is 0 Å². The quantitative estimate of drug-likeness (QED) is 0.363. The van der Waals surface area contributed by atoms with Gasteiger partial charge in [0.15, 0.2) is 5.60 Å². The van der Waals surface area contributed by atoms with E-state index in [1.807, 2.05) is 0 Å². The molecule has 0 unspecified atom stereocenters. The summed E-state index contributed by atoms with van der Waals surface area (Å²) in [6.07, 6.45) is -2.29. The van der Waals surface area contributed by atoms with E-state index in [2.05, 4.69) is 0 Å². The second-order valence-electron chi connectivity index (χ2n) is 2.48. The van der Waals surface area contributed by atoms with E-state index in [1.54, 1.807) is 0 Å². The molecule has 0 atom stereocenters. The Morgan fingerprint density at radius 1 is 0.789 bits per heavy atom. The molecule has 0 saturated carbocycles. The molecule has 0 rings (SSSR count). The molecule has 0 aromatic carbocycles. The maximum absolute atomic E-state index is 10.3. The number of carboxylic acids is 3. The minimum absolute atomic E-state index is 0. The fourth-order valence-electron chi connectivity index (χ4n) is 0.714. The van der Waals surface area contributed by atoms with Crippen LogP contribution in [0.4, 0.5) is 0 Å². The van der Waals surface area contributed by atoms with Crippen LogP contribution in [0.1, 0.15) is 12.8 Å². The van der Waals surface area contributed by atoms with Gasteiger partial charge in [0.2, 0.25) is 0 Å². The van der Waals surface area contributed by atoms with Gasteiger partial charge >= 0.3 is 107 Å². The SMILES string of the molecule is Cl.O.O.O=C(O)CC(O)(CC(=O)O)C(=O)O.[NaH].[NaH].[NaH].